The molecule has 7 rings (SSSR count). The number of ether oxygens (including phenoxy) is 3. The quantitative estimate of drug-likeness (QED) is 0.0850. The van der Waals surface area contributed by atoms with E-state index in [9.17, 15) is 9.59 Å². The number of hydrogen-bond donors (Lipinski definition) is 2. The fourth-order valence-corrected chi connectivity index (χ4v) is 6.00. The van der Waals surface area contributed by atoms with Gasteiger partial charge in [-0.2, -0.15) is 39.6 Å². The van der Waals surface area contributed by atoms with Gasteiger partial charge < -0.3 is 25.7 Å². The molecule has 0 amide bonds. The first kappa shape index (κ1) is 41.9. The Labute approximate surface area is 353 Å². The zero-order chi connectivity index (χ0) is 44.5. The SMILES string of the molecule is COC(=O)c1cnn(-c2ccccc2)c1N=Nc1c(C(C)(C)C)nn(-c2nc(OC)nc(-n3nc([N+](C)(C)C)c(N=Nc4c(C(=O)OC)cnn4-c4ccccc4)c3N)n2)c1N. The molecule has 23 heteroatoms. The molecule has 318 valence electrons. The summed E-state index contributed by atoms with van der Waals surface area (Å²) in [6, 6.07) is 18.1. The van der Waals surface area contributed by atoms with E-state index in [1.807, 2.05) is 78.3 Å². The number of nitrogen functional groups attached to an aromatic ring is 2. The van der Waals surface area contributed by atoms with Crippen LogP contribution in [-0.2, 0) is 14.9 Å². The van der Waals surface area contributed by atoms with Gasteiger partial charge in [0.25, 0.3) is 17.7 Å². The number of hydrogen-bond acceptors (Lipinski definition) is 18. The zero-order valence-electron chi connectivity index (χ0n) is 35.3. The minimum atomic E-state index is -0.664. The smallest absolute Gasteiger partial charge is 0.343 e. The number of esters is 2. The number of para-hydroxylation sites is 2. The van der Waals surface area contributed by atoms with Crippen LogP contribution in [0.1, 0.15) is 47.2 Å². The Morgan fingerprint density at radius 1 is 0.629 bits per heavy atom. The molecule has 0 saturated carbocycles. The minimum Gasteiger partial charge on any atom is -0.467 e. The molecule has 7 aromatic rings. The predicted molar refractivity (Wildman–Crippen MR) is 226 cm³/mol. The third kappa shape index (κ3) is 7.93. The number of rotatable bonds is 12. The van der Waals surface area contributed by atoms with Crippen molar-refractivity contribution in [1.29, 1.82) is 0 Å². The van der Waals surface area contributed by atoms with Crippen molar-refractivity contribution >= 4 is 52.4 Å². The first-order valence-corrected chi connectivity index (χ1v) is 18.7. The molecule has 23 nitrogen and oxygen atoms in total. The molecule has 0 unspecified atom stereocenters. The molecule has 62 heavy (non-hydrogen) atoms. The molecular formula is C39H43N18O5+. The van der Waals surface area contributed by atoms with Crippen LogP contribution in [0.15, 0.2) is 93.5 Å². The van der Waals surface area contributed by atoms with E-state index in [2.05, 4.69) is 45.6 Å². The lowest BCUT2D eigenvalue weighted by Gasteiger charge is -2.20. The summed E-state index contributed by atoms with van der Waals surface area (Å²) in [6.07, 6.45) is 2.69. The fraction of sp³-hybridized carbons (Fsp3) is 0.256. The number of methoxy groups -OCH3 is 3. The second kappa shape index (κ2) is 16.4. The van der Waals surface area contributed by atoms with Crippen molar-refractivity contribution in [2.75, 3.05) is 53.9 Å². The Bertz CT molecular complexity index is 2660. The maximum Gasteiger partial charge on any atom is 0.343 e. The average molecular weight is 844 g/mol. The zero-order valence-corrected chi connectivity index (χ0v) is 35.3. The van der Waals surface area contributed by atoms with Crippen molar-refractivity contribution in [3.8, 4) is 29.3 Å². The Hall–Kier alpha value is -8.21. The summed E-state index contributed by atoms with van der Waals surface area (Å²) in [6.45, 7) is 5.75. The van der Waals surface area contributed by atoms with Crippen molar-refractivity contribution in [2.45, 2.75) is 26.2 Å². The maximum absolute atomic E-state index is 12.8. The van der Waals surface area contributed by atoms with Gasteiger partial charge >= 0.3 is 17.9 Å². The predicted octanol–water partition coefficient (Wildman–Crippen LogP) is 5.69. The van der Waals surface area contributed by atoms with Crippen molar-refractivity contribution in [3.63, 3.8) is 0 Å². The fourth-order valence-electron chi connectivity index (χ4n) is 6.00. The van der Waals surface area contributed by atoms with E-state index in [1.165, 1.54) is 52.5 Å². The van der Waals surface area contributed by atoms with Crippen LogP contribution in [0, 0.1) is 0 Å². The standard InChI is InChI=1S/C39H42N18O5/c1-39(2,3)28-26(47-49-31-24(34(58)60-7)20-42-53(31)22-16-12-10-13-17-22)29(40)55(51-28)36-44-37(46-38(45-36)62-9)56-30(41)27(33(52-56)57(4,5)6)48-50-32-25(35(59)61-8)21-43-54(32)23-18-14-11-15-19-23/h10-21H,1-9H3,(H3-,40,41,42,43,49,50,51,52,58,59)/p+1. The van der Waals surface area contributed by atoms with E-state index in [4.69, 9.17) is 35.9 Å². The van der Waals surface area contributed by atoms with Crippen molar-refractivity contribution < 1.29 is 23.8 Å². The van der Waals surface area contributed by atoms with Gasteiger partial charge in [-0.1, -0.05) is 57.2 Å². The number of quaternary nitrogens is 1. The van der Waals surface area contributed by atoms with Crippen molar-refractivity contribution in [2.24, 2.45) is 20.5 Å². The summed E-state index contributed by atoms with van der Waals surface area (Å²) in [5, 5.41) is 36.3. The Kier molecular flexibility index (Phi) is 11.1. The number of azo groups is 2. The van der Waals surface area contributed by atoms with Crippen LogP contribution < -0.4 is 20.7 Å². The van der Waals surface area contributed by atoms with E-state index < -0.39 is 17.4 Å². The molecule has 0 bridgehead atoms. The van der Waals surface area contributed by atoms with Crippen LogP contribution in [0.5, 0.6) is 6.01 Å². The normalized spacial score (nSPS) is 12.1. The van der Waals surface area contributed by atoms with Gasteiger partial charge in [0.1, 0.15) is 11.1 Å². The first-order valence-electron chi connectivity index (χ1n) is 18.7. The molecule has 5 heterocycles. The second-order valence-corrected chi connectivity index (χ2v) is 15.3. The Balaban J connectivity index is 1.35. The van der Waals surface area contributed by atoms with Crippen LogP contribution in [0.25, 0.3) is 23.3 Å². The molecule has 0 radical (unpaired) electrons. The molecule has 0 atom stereocenters. The molecule has 4 N–H and O–H groups in total. The van der Waals surface area contributed by atoms with Gasteiger partial charge in [0.15, 0.2) is 29.0 Å². The number of carbonyl (C=O) groups is 2. The summed E-state index contributed by atoms with van der Waals surface area (Å²) in [4.78, 5) is 39.2. The number of aromatic nitrogens is 11. The first-order chi connectivity index (χ1) is 29.5. The maximum atomic E-state index is 12.8. The van der Waals surface area contributed by atoms with Gasteiger partial charge in [-0.15, -0.1) is 25.6 Å². The van der Waals surface area contributed by atoms with E-state index in [-0.39, 0.29) is 68.2 Å². The average Bonchev–Trinajstić information content (AvgIpc) is 4.04. The molecular weight excluding hydrogens is 801 g/mol. The topological polar surface area (TPSA) is 273 Å². The summed E-state index contributed by atoms with van der Waals surface area (Å²) in [7, 11) is 9.46. The molecule has 0 fully saturated rings. The lowest BCUT2D eigenvalue weighted by atomic mass is 9.91. The second-order valence-electron chi connectivity index (χ2n) is 15.3. The Morgan fingerprint density at radius 2 is 1.08 bits per heavy atom. The van der Waals surface area contributed by atoms with E-state index >= 15 is 0 Å². The lowest BCUT2D eigenvalue weighted by molar-refractivity contribution is 0.0592. The monoisotopic (exact) mass is 843 g/mol. The number of nitrogens with two attached hydrogens (primary N) is 2. The van der Waals surface area contributed by atoms with Crippen LogP contribution >= 0.6 is 0 Å². The molecule has 5 aromatic heterocycles. The van der Waals surface area contributed by atoms with Gasteiger partial charge in [-0.05, 0) is 24.3 Å². The van der Waals surface area contributed by atoms with E-state index in [0.29, 0.717) is 22.9 Å². The summed E-state index contributed by atoms with van der Waals surface area (Å²) >= 11 is 0. The highest BCUT2D eigenvalue weighted by atomic mass is 16.5. The van der Waals surface area contributed by atoms with Crippen LogP contribution in [-0.4, -0.2) is 108 Å². The molecule has 0 spiro atoms. The number of anilines is 2. The lowest BCUT2D eigenvalue weighted by Crippen LogP contribution is -2.35. The third-order valence-corrected chi connectivity index (χ3v) is 9.06. The van der Waals surface area contributed by atoms with Gasteiger partial charge in [0.05, 0.1) is 71.9 Å². The number of carbonyl (C=O) groups excluding carboxylic acids is 2. The summed E-state index contributed by atoms with van der Waals surface area (Å²) < 4.78 is 21.0. The molecule has 0 saturated heterocycles. The van der Waals surface area contributed by atoms with Crippen molar-refractivity contribution in [1.82, 2.24) is 58.6 Å². The molecule has 0 aliphatic carbocycles. The Morgan fingerprint density at radius 3 is 1.52 bits per heavy atom. The number of nitrogens with zero attached hydrogens (tertiary/aromatic N) is 16. The minimum absolute atomic E-state index is 0.00492. The highest BCUT2D eigenvalue weighted by molar-refractivity contribution is 5.94. The van der Waals surface area contributed by atoms with Gasteiger partial charge in [0.2, 0.25) is 5.69 Å². The third-order valence-electron chi connectivity index (χ3n) is 9.06. The highest BCUT2D eigenvalue weighted by Gasteiger charge is 2.32. The molecule has 2 aromatic carbocycles. The highest BCUT2D eigenvalue weighted by Crippen LogP contribution is 2.40. The van der Waals surface area contributed by atoms with Crippen LogP contribution in [0.2, 0.25) is 0 Å². The van der Waals surface area contributed by atoms with Crippen LogP contribution in [0.3, 0.4) is 0 Å². The van der Waals surface area contributed by atoms with Gasteiger partial charge in [-0.25, -0.2) is 19.0 Å². The van der Waals surface area contributed by atoms with Crippen LogP contribution in [0.4, 0.5) is 40.5 Å². The summed E-state index contributed by atoms with van der Waals surface area (Å²) in [5.74, 6) is -0.972. The molecule has 0 aliphatic heterocycles. The summed E-state index contributed by atoms with van der Waals surface area (Å²) in [5.41, 5.74) is 15.1. The van der Waals surface area contributed by atoms with Gasteiger partial charge in [0, 0.05) is 5.41 Å². The van der Waals surface area contributed by atoms with Gasteiger partial charge in [-0.3, -0.25) is 4.48 Å². The largest absolute Gasteiger partial charge is 0.467 e. The van der Waals surface area contributed by atoms with Crippen molar-refractivity contribution in [3.05, 3.63) is 89.9 Å². The van der Waals surface area contributed by atoms with E-state index in [1.54, 1.807) is 24.3 Å². The number of benzene rings is 2. The molecule has 0 aliphatic rings. The van der Waals surface area contributed by atoms with E-state index in [0.717, 1.165) is 0 Å².